The first-order valence-electron chi connectivity index (χ1n) is 9.17. The molecule has 0 aliphatic carbocycles. The predicted octanol–water partition coefficient (Wildman–Crippen LogP) is 4.81. The Balaban J connectivity index is 1.81. The van der Waals surface area contributed by atoms with E-state index in [0.717, 1.165) is 11.1 Å². The number of hydrogen-bond acceptors (Lipinski definition) is 5. The van der Waals surface area contributed by atoms with Crippen LogP contribution in [0.15, 0.2) is 105 Å². The zero-order valence-electron chi connectivity index (χ0n) is 15.9. The Kier molecular flexibility index (Phi) is 5.18. The van der Waals surface area contributed by atoms with Gasteiger partial charge in [-0.3, -0.25) is 0 Å². The first-order valence-corrected chi connectivity index (χ1v) is 10.7. The van der Waals surface area contributed by atoms with Gasteiger partial charge in [-0.05, 0) is 29.8 Å². The van der Waals surface area contributed by atoms with Crippen molar-refractivity contribution in [2.24, 2.45) is 0 Å². The molecule has 5 nitrogen and oxygen atoms in total. The largest absolute Gasteiger partial charge is 0.419 e. The Hall–Kier alpha value is -3.38. The van der Waals surface area contributed by atoms with Crippen LogP contribution >= 0.6 is 0 Å². The Morgan fingerprint density at radius 3 is 2.00 bits per heavy atom. The van der Waals surface area contributed by atoms with Gasteiger partial charge >= 0.3 is 0 Å². The smallest absolute Gasteiger partial charge is 0.236 e. The minimum Gasteiger partial charge on any atom is -0.419 e. The molecule has 0 N–H and O–H groups in total. The summed E-state index contributed by atoms with van der Waals surface area (Å²) in [6, 6.07) is 27.4. The van der Waals surface area contributed by atoms with Crippen molar-refractivity contribution >= 4 is 15.7 Å². The molecule has 0 spiro atoms. The zero-order chi connectivity index (χ0) is 20.3. The summed E-state index contributed by atoms with van der Waals surface area (Å²) in [6.07, 6.45) is 0. The average molecular weight is 404 g/mol. The average Bonchev–Trinajstić information content (AvgIpc) is 3.22. The highest BCUT2D eigenvalue weighted by Gasteiger charge is 2.30. The number of nitrogens with zero attached hydrogens (tertiary/aromatic N) is 2. The fourth-order valence-electron chi connectivity index (χ4n) is 3.06. The Morgan fingerprint density at radius 1 is 0.828 bits per heavy atom. The van der Waals surface area contributed by atoms with Crippen molar-refractivity contribution in [3.63, 3.8) is 0 Å². The molecule has 4 aromatic rings. The lowest BCUT2D eigenvalue weighted by molar-refractivity contribution is 0.554. The third-order valence-corrected chi connectivity index (χ3v) is 6.19. The van der Waals surface area contributed by atoms with E-state index in [9.17, 15) is 8.42 Å². The quantitative estimate of drug-likeness (QED) is 0.461. The van der Waals surface area contributed by atoms with Gasteiger partial charge in [-0.1, -0.05) is 66.7 Å². The fraction of sp³-hybridized carbons (Fsp3) is 0.0870. The lowest BCUT2D eigenvalue weighted by Gasteiger charge is -2.17. The molecule has 1 heterocycles. The van der Waals surface area contributed by atoms with Crippen molar-refractivity contribution in [2.45, 2.75) is 16.5 Å². The number of hydrogen-bond donors (Lipinski definition) is 0. The van der Waals surface area contributed by atoms with Gasteiger partial charge in [-0.25, -0.2) is 8.42 Å². The van der Waals surface area contributed by atoms with E-state index >= 15 is 0 Å². The van der Waals surface area contributed by atoms with E-state index in [-0.39, 0.29) is 21.7 Å². The van der Waals surface area contributed by atoms with Crippen LogP contribution in [0, 0.1) is 0 Å². The van der Waals surface area contributed by atoms with Crippen LogP contribution in [-0.2, 0) is 16.4 Å². The Bertz CT molecular complexity index is 1190. The topological polar surface area (TPSA) is 63.4 Å². The molecule has 0 radical (unpaired) electrons. The van der Waals surface area contributed by atoms with Gasteiger partial charge in [0.25, 0.3) is 0 Å². The second kappa shape index (κ2) is 7.93. The molecule has 0 aliphatic rings. The standard InChI is InChI=1S/C23H20N2O3S/c1-25(17-18-11-5-2-6-12-18)23-22(29(26,27)20-15-9-4-10-16-20)24-21(28-23)19-13-7-3-8-14-19/h2-16H,17H2,1H3. The van der Waals surface area contributed by atoms with Crippen molar-refractivity contribution in [3.05, 3.63) is 96.6 Å². The third kappa shape index (κ3) is 3.93. The lowest BCUT2D eigenvalue weighted by Crippen LogP contribution is -2.18. The first kappa shape index (κ1) is 19.0. The SMILES string of the molecule is CN(Cc1ccccc1)c1oc(-c2ccccc2)nc1S(=O)(=O)c1ccccc1. The molecular weight excluding hydrogens is 384 g/mol. The highest BCUT2D eigenvalue weighted by molar-refractivity contribution is 7.91. The van der Waals surface area contributed by atoms with Gasteiger partial charge in [0.15, 0.2) is 0 Å². The second-order valence-corrected chi connectivity index (χ2v) is 8.52. The van der Waals surface area contributed by atoms with E-state index in [4.69, 9.17) is 4.42 Å². The van der Waals surface area contributed by atoms with Gasteiger partial charge in [0.2, 0.25) is 26.6 Å². The van der Waals surface area contributed by atoms with Gasteiger partial charge in [-0.2, -0.15) is 4.98 Å². The van der Waals surface area contributed by atoms with Crippen molar-refractivity contribution in [1.82, 2.24) is 4.98 Å². The number of benzene rings is 3. The molecule has 146 valence electrons. The fourth-order valence-corrected chi connectivity index (χ4v) is 4.43. The Morgan fingerprint density at radius 2 is 1.38 bits per heavy atom. The molecular formula is C23H20N2O3S. The minimum absolute atomic E-state index is 0.0824. The molecule has 0 saturated heterocycles. The molecule has 29 heavy (non-hydrogen) atoms. The van der Waals surface area contributed by atoms with Crippen LogP contribution in [0.5, 0.6) is 0 Å². The van der Waals surface area contributed by atoms with Crippen molar-refractivity contribution < 1.29 is 12.8 Å². The van der Waals surface area contributed by atoms with E-state index in [0.29, 0.717) is 6.54 Å². The summed E-state index contributed by atoms with van der Waals surface area (Å²) in [5.74, 6) is 0.492. The summed E-state index contributed by atoms with van der Waals surface area (Å²) in [5, 5.41) is -0.0824. The highest BCUT2D eigenvalue weighted by atomic mass is 32.2. The Labute approximate surface area is 170 Å². The van der Waals surface area contributed by atoms with Crippen LogP contribution in [0.4, 0.5) is 5.88 Å². The maximum absolute atomic E-state index is 13.3. The third-order valence-electron chi connectivity index (χ3n) is 4.52. The number of sulfone groups is 1. The van der Waals surface area contributed by atoms with Crippen LogP contribution < -0.4 is 4.90 Å². The summed E-state index contributed by atoms with van der Waals surface area (Å²) in [5.41, 5.74) is 1.76. The lowest BCUT2D eigenvalue weighted by atomic mass is 10.2. The second-order valence-electron chi connectivity index (χ2n) is 6.65. The molecule has 6 heteroatoms. The normalized spacial score (nSPS) is 11.3. The molecule has 0 amide bonds. The van der Waals surface area contributed by atoms with E-state index in [1.54, 1.807) is 42.3 Å². The van der Waals surface area contributed by atoms with E-state index < -0.39 is 9.84 Å². The van der Waals surface area contributed by atoms with Crippen molar-refractivity contribution in [3.8, 4) is 11.5 Å². The van der Waals surface area contributed by atoms with Crippen LogP contribution in [-0.4, -0.2) is 20.4 Å². The van der Waals surface area contributed by atoms with Gasteiger partial charge < -0.3 is 9.32 Å². The van der Waals surface area contributed by atoms with Crippen LogP contribution in [0.1, 0.15) is 5.56 Å². The number of anilines is 1. The highest BCUT2D eigenvalue weighted by Crippen LogP contribution is 2.34. The molecule has 0 bridgehead atoms. The zero-order valence-corrected chi connectivity index (χ0v) is 16.7. The maximum atomic E-state index is 13.3. The number of oxazole rings is 1. The van der Waals surface area contributed by atoms with E-state index in [1.165, 1.54) is 0 Å². The molecule has 3 aromatic carbocycles. The van der Waals surface area contributed by atoms with Gasteiger partial charge in [0.1, 0.15) is 0 Å². The summed E-state index contributed by atoms with van der Waals surface area (Å²) in [4.78, 5) is 6.35. The molecule has 4 rings (SSSR count). The monoisotopic (exact) mass is 404 g/mol. The summed E-state index contributed by atoms with van der Waals surface area (Å²) in [7, 11) is -2.04. The van der Waals surface area contributed by atoms with E-state index in [1.807, 2.05) is 60.7 Å². The first-order chi connectivity index (χ1) is 14.1. The van der Waals surface area contributed by atoms with Crippen LogP contribution in [0.3, 0.4) is 0 Å². The molecule has 0 saturated carbocycles. The molecule has 0 unspecified atom stereocenters. The summed E-state index contributed by atoms with van der Waals surface area (Å²) < 4.78 is 32.6. The number of aromatic nitrogens is 1. The molecule has 1 aromatic heterocycles. The number of rotatable bonds is 6. The molecule has 0 aliphatic heterocycles. The summed E-state index contributed by atoms with van der Waals surface area (Å²) in [6.45, 7) is 0.488. The van der Waals surface area contributed by atoms with Crippen LogP contribution in [0.2, 0.25) is 0 Å². The van der Waals surface area contributed by atoms with E-state index in [2.05, 4.69) is 4.98 Å². The molecule has 0 atom stereocenters. The van der Waals surface area contributed by atoms with Gasteiger partial charge in [-0.15, -0.1) is 0 Å². The van der Waals surface area contributed by atoms with Crippen LogP contribution in [0.25, 0.3) is 11.5 Å². The van der Waals surface area contributed by atoms with Gasteiger partial charge in [0, 0.05) is 19.2 Å². The predicted molar refractivity (Wildman–Crippen MR) is 112 cm³/mol. The summed E-state index contributed by atoms with van der Waals surface area (Å²) >= 11 is 0. The van der Waals surface area contributed by atoms with Crippen molar-refractivity contribution in [2.75, 3.05) is 11.9 Å². The maximum Gasteiger partial charge on any atom is 0.236 e. The van der Waals surface area contributed by atoms with Gasteiger partial charge in [0.05, 0.1) is 4.90 Å². The molecule has 0 fully saturated rings. The van der Waals surface area contributed by atoms with Crippen molar-refractivity contribution in [1.29, 1.82) is 0 Å². The minimum atomic E-state index is -3.84.